The molecular formula is C24H34O6. The predicted octanol–water partition coefficient (Wildman–Crippen LogP) is 6.50. The molecule has 0 aliphatic rings. The Balaban J connectivity index is 1.85. The van der Waals surface area contributed by atoms with Crippen LogP contribution in [0.15, 0.2) is 33.1 Å². The lowest BCUT2D eigenvalue weighted by Crippen LogP contribution is -2.05. The lowest BCUT2D eigenvalue weighted by Gasteiger charge is -2.06. The lowest BCUT2D eigenvalue weighted by atomic mass is 10.1. The summed E-state index contributed by atoms with van der Waals surface area (Å²) < 4.78 is 21.8. The van der Waals surface area contributed by atoms with Crippen LogP contribution in [0.1, 0.15) is 111 Å². The molecule has 0 spiro atoms. The molecule has 30 heavy (non-hydrogen) atoms. The minimum atomic E-state index is -0.461. The van der Waals surface area contributed by atoms with E-state index in [0.29, 0.717) is 24.7 Å². The number of rotatable bonds is 14. The molecule has 0 bridgehead atoms. The predicted molar refractivity (Wildman–Crippen MR) is 114 cm³/mol. The SMILES string of the molecule is CCCCCCOC(=O)c1ccc(C(C)c2ccc(C(=O)OCCCCCC)o2)o1. The van der Waals surface area contributed by atoms with E-state index in [0.717, 1.165) is 51.4 Å². The molecule has 0 N–H and O–H groups in total. The molecule has 0 amide bonds. The molecule has 0 saturated carbocycles. The van der Waals surface area contributed by atoms with Crippen LogP contribution in [0.5, 0.6) is 0 Å². The van der Waals surface area contributed by atoms with Crippen molar-refractivity contribution in [3.05, 3.63) is 47.3 Å². The Morgan fingerprint density at radius 1 is 0.733 bits per heavy atom. The van der Waals surface area contributed by atoms with E-state index in [9.17, 15) is 9.59 Å². The monoisotopic (exact) mass is 418 g/mol. The zero-order valence-corrected chi connectivity index (χ0v) is 18.4. The molecule has 6 heteroatoms. The highest BCUT2D eigenvalue weighted by Gasteiger charge is 2.21. The molecule has 2 heterocycles. The maximum atomic E-state index is 12.1. The van der Waals surface area contributed by atoms with E-state index in [2.05, 4.69) is 13.8 Å². The smallest absolute Gasteiger partial charge is 0.374 e. The second-order valence-corrected chi connectivity index (χ2v) is 7.52. The van der Waals surface area contributed by atoms with Crippen molar-refractivity contribution >= 4 is 11.9 Å². The van der Waals surface area contributed by atoms with Crippen molar-refractivity contribution in [1.82, 2.24) is 0 Å². The third-order valence-electron chi connectivity index (χ3n) is 4.97. The van der Waals surface area contributed by atoms with Gasteiger partial charge in [0, 0.05) is 0 Å². The van der Waals surface area contributed by atoms with E-state index in [1.54, 1.807) is 24.3 Å². The topological polar surface area (TPSA) is 78.9 Å². The zero-order chi connectivity index (χ0) is 21.8. The van der Waals surface area contributed by atoms with E-state index in [4.69, 9.17) is 18.3 Å². The first kappa shape index (κ1) is 23.8. The Bertz CT molecular complexity index is 708. The van der Waals surface area contributed by atoms with Gasteiger partial charge in [0.15, 0.2) is 0 Å². The Morgan fingerprint density at radius 2 is 1.17 bits per heavy atom. The molecule has 2 rings (SSSR count). The molecule has 0 unspecified atom stereocenters. The maximum Gasteiger partial charge on any atom is 0.374 e. The van der Waals surface area contributed by atoms with Crippen molar-refractivity contribution in [2.45, 2.75) is 78.1 Å². The van der Waals surface area contributed by atoms with Gasteiger partial charge in [0.2, 0.25) is 11.5 Å². The molecule has 0 radical (unpaired) electrons. The van der Waals surface area contributed by atoms with Crippen LogP contribution in [0.3, 0.4) is 0 Å². The highest BCUT2D eigenvalue weighted by molar-refractivity contribution is 5.86. The summed E-state index contributed by atoms with van der Waals surface area (Å²) in [5, 5.41) is 0. The van der Waals surface area contributed by atoms with Gasteiger partial charge in [-0.3, -0.25) is 0 Å². The number of ether oxygens (including phenoxy) is 2. The Hall–Kier alpha value is -2.50. The van der Waals surface area contributed by atoms with Crippen molar-refractivity contribution in [2.75, 3.05) is 13.2 Å². The summed E-state index contributed by atoms with van der Waals surface area (Å²) in [6, 6.07) is 6.67. The van der Waals surface area contributed by atoms with E-state index in [1.165, 1.54) is 0 Å². The highest BCUT2D eigenvalue weighted by atomic mass is 16.5. The van der Waals surface area contributed by atoms with Crippen molar-refractivity contribution in [2.24, 2.45) is 0 Å². The summed E-state index contributed by atoms with van der Waals surface area (Å²) in [6.45, 7) is 6.95. The van der Waals surface area contributed by atoms with E-state index >= 15 is 0 Å². The fourth-order valence-corrected chi connectivity index (χ4v) is 3.06. The van der Waals surface area contributed by atoms with Crippen molar-refractivity contribution in [3.63, 3.8) is 0 Å². The quantitative estimate of drug-likeness (QED) is 0.257. The second-order valence-electron chi connectivity index (χ2n) is 7.52. The third kappa shape index (κ3) is 7.39. The fraction of sp³-hybridized carbons (Fsp3) is 0.583. The van der Waals surface area contributed by atoms with Gasteiger partial charge in [0.1, 0.15) is 11.5 Å². The van der Waals surface area contributed by atoms with Crippen LogP contribution in [0.2, 0.25) is 0 Å². The number of unbranched alkanes of at least 4 members (excludes halogenated alkanes) is 6. The van der Waals surface area contributed by atoms with Gasteiger partial charge in [-0.1, -0.05) is 52.4 Å². The Kier molecular flexibility index (Phi) is 10.3. The number of carbonyl (C=O) groups excluding carboxylic acids is 2. The Morgan fingerprint density at radius 3 is 1.57 bits per heavy atom. The van der Waals surface area contributed by atoms with Crippen LogP contribution in [0.25, 0.3) is 0 Å². The minimum absolute atomic E-state index is 0.172. The Labute approximate surface area is 178 Å². The maximum absolute atomic E-state index is 12.1. The van der Waals surface area contributed by atoms with Crippen LogP contribution < -0.4 is 0 Å². The molecule has 0 aliphatic heterocycles. The first-order chi connectivity index (χ1) is 14.6. The third-order valence-corrected chi connectivity index (χ3v) is 4.97. The van der Waals surface area contributed by atoms with E-state index < -0.39 is 11.9 Å². The molecule has 2 aromatic heterocycles. The largest absolute Gasteiger partial charge is 0.460 e. The number of furan rings is 2. The van der Waals surface area contributed by atoms with Gasteiger partial charge < -0.3 is 18.3 Å². The van der Waals surface area contributed by atoms with Crippen molar-refractivity contribution in [3.8, 4) is 0 Å². The number of esters is 2. The summed E-state index contributed by atoms with van der Waals surface area (Å²) in [6.07, 6.45) is 8.35. The number of hydrogen-bond donors (Lipinski definition) is 0. The summed E-state index contributed by atoms with van der Waals surface area (Å²) >= 11 is 0. The van der Waals surface area contributed by atoms with Gasteiger partial charge in [-0.05, 0) is 44.0 Å². The van der Waals surface area contributed by atoms with Gasteiger partial charge in [0.25, 0.3) is 0 Å². The van der Waals surface area contributed by atoms with Gasteiger partial charge in [0.05, 0.1) is 19.1 Å². The molecule has 0 saturated heterocycles. The molecule has 0 aromatic carbocycles. The van der Waals surface area contributed by atoms with Crippen LogP contribution in [0, 0.1) is 0 Å². The minimum Gasteiger partial charge on any atom is -0.460 e. The lowest BCUT2D eigenvalue weighted by molar-refractivity contribution is 0.0454. The molecular weight excluding hydrogens is 384 g/mol. The highest BCUT2D eigenvalue weighted by Crippen LogP contribution is 2.28. The first-order valence-electron chi connectivity index (χ1n) is 11.1. The fourth-order valence-electron chi connectivity index (χ4n) is 3.06. The standard InChI is InChI=1S/C24H34O6/c1-4-6-8-10-16-27-23(25)21-14-12-19(29-21)18(3)20-13-15-22(30-20)24(26)28-17-11-9-7-5-2/h12-15,18H,4-11,16-17H2,1-3H3. The van der Waals surface area contributed by atoms with Crippen LogP contribution >= 0.6 is 0 Å². The molecule has 6 nitrogen and oxygen atoms in total. The molecule has 0 fully saturated rings. The second kappa shape index (κ2) is 12.9. The van der Waals surface area contributed by atoms with E-state index in [-0.39, 0.29) is 17.4 Å². The first-order valence-corrected chi connectivity index (χ1v) is 11.1. The summed E-state index contributed by atoms with van der Waals surface area (Å²) in [5.74, 6) is 0.315. The molecule has 166 valence electrons. The van der Waals surface area contributed by atoms with E-state index in [1.807, 2.05) is 6.92 Å². The molecule has 2 aromatic rings. The van der Waals surface area contributed by atoms with Gasteiger partial charge in [-0.25, -0.2) is 9.59 Å². The number of hydrogen-bond acceptors (Lipinski definition) is 6. The normalized spacial score (nSPS) is 11.1. The molecule has 0 aliphatic carbocycles. The van der Waals surface area contributed by atoms with Crippen LogP contribution in [-0.2, 0) is 9.47 Å². The van der Waals surface area contributed by atoms with Gasteiger partial charge in [-0.2, -0.15) is 0 Å². The average molecular weight is 419 g/mol. The zero-order valence-electron chi connectivity index (χ0n) is 18.4. The van der Waals surface area contributed by atoms with Gasteiger partial charge >= 0.3 is 11.9 Å². The number of carbonyl (C=O) groups is 2. The molecule has 0 atom stereocenters. The summed E-state index contributed by atoms with van der Waals surface area (Å²) in [4.78, 5) is 24.2. The van der Waals surface area contributed by atoms with Crippen molar-refractivity contribution < 1.29 is 27.9 Å². The average Bonchev–Trinajstić information content (AvgIpc) is 3.43. The summed E-state index contributed by atoms with van der Waals surface area (Å²) in [7, 11) is 0. The van der Waals surface area contributed by atoms with Gasteiger partial charge in [-0.15, -0.1) is 0 Å². The van der Waals surface area contributed by atoms with Crippen LogP contribution in [0.4, 0.5) is 0 Å². The summed E-state index contributed by atoms with van der Waals surface area (Å²) in [5.41, 5.74) is 0. The van der Waals surface area contributed by atoms with Crippen LogP contribution in [-0.4, -0.2) is 25.2 Å². The van der Waals surface area contributed by atoms with Crippen molar-refractivity contribution in [1.29, 1.82) is 0 Å².